The summed E-state index contributed by atoms with van der Waals surface area (Å²) in [6, 6.07) is 3.59. The molecule has 0 bridgehead atoms. The number of pyridine rings is 1. The van der Waals surface area contributed by atoms with Gasteiger partial charge in [-0.25, -0.2) is 4.98 Å². The summed E-state index contributed by atoms with van der Waals surface area (Å²) >= 11 is 7.59. The van der Waals surface area contributed by atoms with Gasteiger partial charge < -0.3 is 10.5 Å². The van der Waals surface area contributed by atoms with Crippen molar-refractivity contribution < 1.29 is 4.74 Å². The van der Waals surface area contributed by atoms with Gasteiger partial charge in [0.2, 0.25) is 0 Å². The van der Waals surface area contributed by atoms with E-state index in [-0.39, 0.29) is 0 Å². The lowest BCUT2D eigenvalue weighted by Gasteiger charge is -1.97. The lowest BCUT2D eigenvalue weighted by molar-refractivity contribution is 0.181. The van der Waals surface area contributed by atoms with Gasteiger partial charge in [0.05, 0.1) is 17.3 Å². The zero-order valence-electron chi connectivity index (χ0n) is 9.31. The van der Waals surface area contributed by atoms with Crippen LogP contribution in [0.2, 0.25) is 5.02 Å². The molecule has 0 saturated heterocycles. The summed E-state index contributed by atoms with van der Waals surface area (Å²) in [6.07, 6.45) is 1.70. The lowest BCUT2D eigenvalue weighted by Crippen LogP contribution is -1.99. The van der Waals surface area contributed by atoms with E-state index in [9.17, 15) is 0 Å². The highest BCUT2D eigenvalue weighted by atomic mass is 35.5. The average molecular weight is 270 g/mol. The Hall–Kier alpha value is -1.01. The Morgan fingerprint density at radius 2 is 2.35 bits per heavy atom. The summed E-state index contributed by atoms with van der Waals surface area (Å²) in [4.78, 5) is 9.70. The second kappa shape index (κ2) is 5.55. The molecule has 2 heterocycles. The number of thiazole rings is 1. The lowest BCUT2D eigenvalue weighted by atomic mass is 10.3. The third-order valence-corrected chi connectivity index (χ3v) is 3.64. The molecule has 0 saturated carbocycles. The maximum atomic E-state index is 6.08. The smallest absolute Gasteiger partial charge is 0.144 e. The molecule has 0 radical (unpaired) electrons. The number of hydrogen-bond donors (Lipinski definition) is 1. The quantitative estimate of drug-likeness (QED) is 0.926. The fourth-order valence-electron chi connectivity index (χ4n) is 1.44. The molecule has 0 fully saturated rings. The molecule has 2 aromatic rings. The molecule has 90 valence electrons. The van der Waals surface area contributed by atoms with Crippen molar-refractivity contribution in [2.75, 3.05) is 7.11 Å². The molecule has 0 unspecified atom stereocenters. The highest BCUT2D eigenvalue weighted by Gasteiger charge is 2.14. The Bertz CT molecular complexity index is 515. The van der Waals surface area contributed by atoms with Crippen LogP contribution in [0.15, 0.2) is 18.3 Å². The Morgan fingerprint density at radius 3 is 3.00 bits per heavy atom. The van der Waals surface area contributed by atoms with E-state index in [1.165, 1.54) is 11.3 Å². The SMILES string of the molecule is COCc1nc(-c2ncccc2Cl)sc1CN. The maximum absolute atomic E-state index is 6.08. The van der Waals surface area contributed by atoms with Crippen LogP contribution in [0, 0.1) is 0 Å². The van der Waals surface area contributed by atoms with Gasteiger partial charge >= 0.3 is 0 Å². The van der Waals surface area contributed by atoms with Crippen LogP contribution in [0.25, 0.3) is 10.7 Å². The molecule has 0 aliphatic carbocycles. The maximum Gasteiger partial charge on any atom is 0.144 e. The first-order valence-corrected chi connectivity index (χ1v) is 6.24. The molecule has 6 heteroatoms. The van der Waals surface area contributed by atoms with E-state index < -0.39 is 0 Å². The van der Waals surface area contributed by atoms with Gasteiger partial charge in [0.1, 0.15) is 10.7 Å². The minimum atomic E-state index is 0.445. The Balaban J connectivity index is 2.43. The first-order valence-electron chi connectivity index (χ1n) is 5.04. The van der Waals surface area contributed by atoms with Crippen LogP contribution in [0.4, 0.5) is 0 Å². The molecule has 0 atom stereocenters. The number of rotatable bonds is 4. The second-order valence-corrected chi connectivity index (χ2v) is 4.85. The number of ether oxygens (including phenoxy) is 1. The van der Waals surface area contributed by atoms with E-state index in [1.807, 2.05) is 0 Å². The Morgan fingerprint density at radius 1 is 1.53 bits per heavy atom. The van der Waals surface area contributed by atoms with E-state index >= 15 is 0 Å². The van der Waals surface area contributed by atoms with Crippen molar-refractivity contribution in [3.8, 4) is 10.7 Å². The van der Waals surface area contributed by atoms with Crippen molar-refractivity contribution in [2.45, 2.75) is 13.2 Å². The Kier molecular flexibility index (Phi) is 4.06. The number of methoxy groups -OCH3 is 1. The summed E-state index contributed by atoms with van der Waals surface area (Å²) < 4.78 is 5.09. The van der Waals surface area contributed by atoms with Crippen LogP contribution in [0.1, 0.15) is 10.6 Å². The van der Waals surface area contributed by atoms with Gasteiger partial charge in [0.15, 0.2) is 0 Å². The van der Waals surface area contributed by atoms with Gasteiger partial charge in [-0.3, -0.25) is 4.98 Å². The number of aromatic nitrogens is 2. The van der Waals surface area contributed by atoms with Gasteiger partial charge in [-0.05, 0) is 12.1 Å². The van der Waals surface area contributed by atoms with Crippen molar-refractivity contribution in [3.63, 3.8) is 0 Å². The summed E-state index contributed by atoms with van der Waals surface area (Å²) in [5.41, 5.74) is 7.22. The summed E-state index contributed by atoms with van der Waals surface area (Å²) in [7, 11) is 1.63. The molecule has 0 aliphatic rings. The summed E-state index contributed by atoms with van der Waals surface area (Å²) in [5.74, 6) is 0. The van der Waals surface area contributed by atoms with Crippen molar-refractivity contribution in [3.05, 3.63) is 33.9 Å². The Labute approximate surface area is 108 Å². The minimum absolute atomic E-state index is 0.445. The van der Waals surface area contributed by atoms with Crippen molar-refractivity contribution in [1.82, 2.24) is 9.97 Å². The van der Waals surface area contributed by atoms with Crippen LogP contribution in [0.5, 0.6) is 0 Å². The van der Waals surface area contributed by atoms with E-state index in [0.29, 0.717) is 23.9 Å². The van der Waals surface area contributed by atoms with E-state index in [4.69, 9.17) is 22.1 Å². The number of halogens is 1. The standard InChI is InChI=1S/C11H12ClN3OS/c1-16-6-8-9(5-13)17-11(15-8)10-7(12)3-2-4-14-10/h2-4H,5-6,13H2,1H3. The molecule has 2 N–H and O–H groups in total. The number of nitrogens with two attached hydrogens (primary N) is 1. The monoisotopic (exact) mass is 269 g/mol. The van der Waals surface area contributed by atoms with Crippen LogP contribution in [-0.4, -0.2) is 17.1 Å². The third-order valence-electron chi connectivity index (χ3n) is 2.21. The van der Waals surface area contributed by atoms with Crippen molar-refractivity contribution >= 4 is 22.9 Å². The molecule has 0 spiro atoms. The zero-order chi connectivity index (χ0) is 12.3. The van der Waals surface area contributed by atoms with Crippen molar-refractivity contribution in [1.29, 1.82) is 0 Å². The molecule has 2 rings (SSSR count). The molecule has 0 aliphatic heterocycles. The average Bonchev–Trinajstić information content (AvgIpc) is 2.73. The van der Waals surface area contributed by atoms with Gasteiger partial charge in [0, 0.05) is 24.7 Å². The van der Waals surface area contributed by atoms with Gasteiger partial charge in [-0.15, -0.1) is 11.3 Å². The predicted octanol–water partition coefficient (Wildman–Crippen LogP) is 2.46. The number of hydrogen-bond acceptors (Lipinski definition) is 5. The molecule has 0 aromatic carbocycles. The van der Waals surface area contributed by atoms with Crippen LogP contribution < -0.4 is 5.73 Å². The van der Waals surface area contributed by atoms with Crippen LogP contribution >= 0.6 is 22.9 Å². The van der Waals surface area contributed by atoms with Crippen LogP contribution in [0.3, 0.4) is 0 Å². The number of nitrogens with zero attached hydrogens (tertiary/aromatic N) is 2. The largest absolute Gasteiger partial charge is 0.378 e. The molecular weight excluding hydrogens is 258 g/mol. The van der Waals surface area contributed by atoms with Gasteiger partial charge in [-0.2, -0.15) is 0 Å². The predicted molar refractivity (Wildman–Crippen MR) is 69.0 cm³/mol. The van der Waals surface area contributed by atoms with Crippen molar-refractivity contribution in [2.24, 2.45) is 5.73 Å². The minimum Gasteiger partial charge on any atom is -0.378 e. The molecular formula is C11H12ClN3OS. The van der Waals surface area contributed by atoms with E-state index in [1.54, 1.807) is 25.4 Å². The second-order valence-electron chi connectivity index (χ2n) is 3.36. The highest BCUT2D eigenvalue weighted by Crippen LogP contribution is 2.31. The first-order chi connectivity index (χ1) is 8.26. The molecule has 0 amide bonds. The third kappa shape index (κ3) is 2.63. The molecule has 4 nitrogen and oxygen atoms in total. The first kappa shape index (κ1) is 12.4. The fourth-order valence-corrected chi connectivity index (χ4v) is 2.66. The topological polar surface area (TPSA) is 61.0 Å². The molecule has 17 heavy (non-hydrogen) atoms. The summed E-state index contributed by atoms with van der Waals surface area (Å²) in [6.45, 7) is 0.897. The molecule has 2 aromatic heterocycles. The van der Waals surface area contributed by atoms with E-state index in [2.05, 4.69) is 9.97 Å². The normalized spacial score (nSPS) is 10.8. The fraction of sp³-hybridized carbons (Fsp3) is 0.273. The zero-order valence-corrected chi connectivity index (χ0v) is 10.9. The van der Waals surface area contributed by atoms with Gasteiger partial charge in [-0.1, -0.05) is 11.6 Å². The van der Waals surface area contributed by atoms with E-state index in [0.717, 1.165) is 15.6 Å². The highest BCUT2D eigenvalue weighted by molar-refractivity contribution is 7.15. The van der Waals surface area contributed by atoms with Crippen LogP contribution in [-0.2, 0) is 17.9 Å². The van der Waals surface area contributed by atoms with Gasteiger partial charge in [0.25, 0.3) is 0 Å². The summed E-state index contributed by atoms with van der Waals surface area (Å²) in [5, 5.41) is 1.37.